The number of non-ortho nitro benzene ring substituents is 1. The first-order valence-corrected chi connectivity index (χ1v) is 9.36. The summed E-state index contributed by atoms with van der Waals surface area (Å²) in [5.74, 6) is -4.67. The van der Waals surface area contributed by atoms with Gasteiger partial charge in [-0.15, -0.1) is 0 Å². The maximum absolute atomic E-state index is 12.8. The fourth-order valence-electron chi connectivity index (χ4n) is 2.99. The van der Waals surface area contributed by atoms with Gasteiger partial charge >= 0.3 is 5.69 Å². The van der Waals surface area contributed by atoms with E-state index in [1.165, 1.54) is 6.92 Å². The molecule has 0 saturated heterocycles. The van der Waals surface area contributed by atoms with E-state index in [0.717, 1.165) is 12.1 Å². The summed E-state index contributed by atoms with van der Waals surface area (Å²) in [4.78, 5) is 58.2. The third-order valence-electron chi connectivity index (χ3n) is 4.58. The first-order valence-electron chi connectivity index (χ1n) is 8.98. The third kappa shape index (κ3) is 4.44. The van der Waals surface area contributed by atoms with Crippen LogP contribution in [0.5, 0.6) is 0 Å². The molecule has 12 nitrogen and oxygen atoms in total. The van der Waals surface area contributed by atoms with Gasteiger partial charge < -0.3 is 5.32 Å². The molecule has 0 fully saturated rings. The average molecular weight is 460 g/mol. The van der Waals surface area contributed by atoms with E-state index in [-0.39, 0.29) is 17.9 Å². The SMILES string of the molecule is CC1=NN(c2ccc([N+](=O)[O-])cc2[N+](=O)[O-])C(=O)[C@H]1C(=O)C(=O)NCc1ccc(Cl)cc1. The first-order chi connectivity index (χ1) is 15.1. The van der Waals surface area contributed by atoms with Gasteiger partial charge in [-0.3, -0.25) is 34.6 Å². The highest BCUT2D eigenvalue weighted by Crippen LogP contribution is 2.35. The van der Waals surface area contributed by atoms with E-state index >= 15 is 0 Å². The molecule has 1 atom stereocenters. The number of rotatable bonds is 7. The van der Waals surface area contributed by atoms with Gasteiger partial charge in [0.15, 0.2) is 0 Å². The highest BCUT2D eigenvalue weighted by atomic mass is 35.5. The zero-order valence-electron chi connectivity index (χ0n) is 16.4. The molecule has 2 aromatic rings. The Morgan fingerprint density at radius 2 is 1.78 bits per heavy atom. The van der Waals surface area contributed by atoms with E-state index in [4.69, 9.17) is 11.6 Å². The van der Waals surface area contributed by atoms with Crippen LogP contribution in [0, 0.1) is 26.1 Å². The number of carbonyl (C=O) groups is 3. The predicted octanol–water partition coefficient (Wildman–Crippen LogP) is 2.38. The molecular formula is C19H14ClN5O7. The standard InChI is InChI=1S/C19H14ClN5O7/c1-10-16(17(26)18(27)21-9-11-2-4-12(20)5-3-11)19(28)23(22-10)14-7-6-13(24(29)30)8-15(14)25(31)32/h2-8,16H,9H2,1H3,(H,21,27)/t16-/m1/s1. The lowest BCUT2D eigenvalue weighted by atomic mass is 9.98. The summed E-state index contributed by atoms with van der Waals surface area (Å²) in [7, 11) is 0. The molecule has 0 aromatic heterocycles. The molecule has 32 heavy (non-hydrogen) atoms. The van der Waals surface area contributed by atoms with Crippen molar-refractivity contribution in [3.8, 4) is 0 Å². The number of hydrazone groups is 1. The predicted molar refractivity (Wildman–Crippen MR) is 112 cm³/mol. The second kappa shape index (κ2) is 8.89. The molecule has 2 aromatic carbocycles. The molecule has 0 spiro atoms. The van der Waals surface area contributed by atoms with Gasteiger partial charge in [0, 0.05) is 17.6 Å². The lowest BCUT2D eigenvalue weighted by Gasteiger charge is -2.14. The van der Waals surface area contributed by atoms with E-state index in [1.54, 1.807) is 24.3 Å². The van der Waals surface area contributed by atoms with Crippen molar-refractivity contribution in [3.05, 3.63) is 73.3 Å². The number of nitrogens with zero attached hydrogens (tertiary/aromatic N) is 4. The molecule has 3 rings (SSSR count). The molecule has 0 bridgehead atoms. The van der Waals surface area contributed by atoms with Gasteiger partial charge in [-0.2, -0.15) is 10.1 Å². The smallest absolute Gasteiger partial charge is 0.301 e. The van der Waals surface area contributed by atoms with Crippen molar-refractivity contribution >= 4 is 52.0 Å². The molecule has 0 saturated carbocycles. The number of ketones is 1. The Hall–Kier alpha value is -4.19. The quantitative estimate of drug-likeness (QED) is 0.287. The number of carbonyl (C=O) groups excluding carboxylic acids is 3. The number of amides is 2. The molecule has 0 radical (unpaired) electrons. The number of nitro benzene ring substituents is 2. The van der Waals surface area contributed by atoms with Crippen LogP contribution in [-0.4, -0.2) is 33.2 Å². The summed E-state index contributed by atoms with van der Waals surface area (Å²) >= 11 is 5.79. The zero-order valence-corrected chi connectivity index (χ0v) is 17.1. The number of benzene rings is 2. The number of hydrogen-bond donors (Lipinski definition) is 1. The minimum Gasteiger partial charge on any atom is -0.345 e. The van der Waals surface area contributed by atoms with Crippen molar-refractivity contribution in [2.24, 2.45) is 11.0 Å². The summed E-state index contributed by atoms with van der Waals surface area (Å²) < 4.78 is 0. The zero-order chi connectivity index (χ0) is 23.6. The van der Waals surface area contributed by atoms with Crippen LogP contribution >= 0.6 is 11.6 Å². The van der Waals surface area contributed by atoms with Crippen LogP contribution in [0.15, 0.2) is 47.6 Å². The van der Waals surface area contributed by atoms with Gasteiger partial charge in [0.1, 0.15) is 11.6 Å². The van der Waals surface area contributed by atoms with Crippen LogP contribution in [0.4, 0.5) is 17.1 Å². The number of halogens is 1. The lowest BCUT2D eigenvalue weighted by molar-refractivity contribution is -0.393. The minimum atomic E-state index is -1.57. The normalized spacial score (nSPS) is 15.3. The van der Waals surface area contributed by atoms with Crippen LogP contribution in [0.3, 0.4) is 0 Å². The summed E-state index contributed by atoms with van der Waals surface area (Å²) in [6, 6.07) is 9.15. The first kappa shape index (κ1) is 22.5. The Labute approximate surface area is 184 Å². The molecule has 0 unspecified atom stereocenters. The van der Waals surface area contributed by atoms with Crippen molar-refractivity contribution in [1.29, 1.82) is 0 Å². The largest absolute Gasteiger partial charge is 0.345 e. The fourth-order valence-corrected chi connectivity index (χ4v) is 3.12. The van der Waals surface area contributed by atoms with E-state index in [1.807, 2.05) is 0 Å². The summed E-state index contributed by atoms with van der Waals surface area (Å²) in [5, 5.41) is 29.6. The van der Waals surface area contributed by atoms with E-state index in [9.17, 15) is 34.6 Å². The fraction of sp³-hybridized carbons (Fsp3) is 0.158. The number of hydrogen-bond acceptors (Lipinski definition) is 8. The molecule has 1 aliphatic rings. The van der Waals surface area contributed by atoms with E-state index in [2.05, 4.69) is 10.4 Å². The lowest BCUT2D eigenvalue weighted by Crippen LogP contribution is -2.41. The van der Waals surface area contributed by atoms with Gasteiger partial charge in [0.2, 0.25) is 5.78 Å². The molecule has 1 aliphatic heterocycles. The monoisotopic (exact) mass is 459 g/mol. The highest BCUT2D eigenvalue weighted by molar-refractivity contribution is 6.47. The Kier molecular flexibility index (Phi) is 6.25. The van der Waals surface area contributed by atoms with Crippen LogP contribution < -0.4 is 10.3 Å². The Morgan fingerprint density at radius 1 is 1.12 bits per heavy atom. The minimum absolute atomic E-state index is 0.0103. The van der Waals surface area contributed by atoms with Gasteiger partial charge in [-0.05, 0) is 30.7 Å². The van der Waals surface area contributed by atoms with Gasteiger partial charge in [-0.1, -0.05) is 23.7 Å². The molecule has 164 valence electrons. The number of anilines is 1. The van der Waals surface area contributed by atoms with E-state index < -0.39 is 44.7 Å². The second-order valence-corrected chi connectivity index (χ2v) is 7.12. The molecular weight excluding hydrogens is 446 g/mol. The molecule has 1 heterocycles. The molecule has 1 N–H and O–H groups in total. The summed E-state index contributed by atoms with van der Waals surface area (Å²) in [6.45, 7) is 1.33. The van der Waals surface area contributed by atoms with Crippen LogP contribution in [0.1, 0.15) is 12.5 Å². The van der Waals surface area contributed by atoms with Crippen molar-refractivity contribution in [3.63, 3.8) is 0 Å². The van der Waals surface area contributed by atoms with E-state index in [0.29, 0.717) is 21.7 Å². The number of nitrogens with one attached hydrogen (secondary N) is 1. The molecule has 0 aliphatic carbocycles. The van der Waals surface area contributed by atoms with Gasteiger partial charge in [-0.25, -0.2) is 0 Å². The van der Waals surface area contributed by atoms with Crippen molar-refractivity contribution in [2.75, 3.05) is 5.01 Å². The van der Waals surface area contributed by atoms with Crippen LogP contribution in [-0.2, 0) is 20.9 Å². The third-order valence-corrected chi connectivity index (χ3v) is 4.83. The van der Waals surface area contributed by atoms with Crippen LogP contribution in [0.2, 0.25) is 5.02 Å². The number of Topliss-reactive ketones (excluding diaryl/α,β-unsaturated/α-hetero) is 1. The molecule has 13 heteroatoms. The Morgan fingerprint density at radius 3 is 2.38 bits per heavy atom. The van der Waals surface area contributed by atoms with Crippen LogP contribution in [0.25, 0.3) is 0 Å². The van der Waals surface area contributed by atoms with Gasteiger partial charge in [0.25, 0.3) is 17.5 Å². The van der Waals surface area contributed by atoms with Crippen molar-refractivity contribution < 1.29 is 24.2 Å². The second-order valence-electron chi connectivity index (χ2n) is 6.69. The molecule has 2 amide bonds. The topological polar surface area (TPSA) is 165 Å². The highest BCUT2D eigenvalue weighted by Gasteiger charge is 2.44. The van der Waals surface area contributed by atoms with Crippen molar-refractivity contribution in [2.45, 2.75) is 13.5 Å². The Balaban J connectivity index is 1.79. The maximum atomic E-state index is 12.8. The van der Waals surface area contributed by atoms with Crippen molar-refractivity contribution in [1.82, 2.24) is 5.32 Å². The maximum Gasteiger partial charge on any atom is 0.301 e. The average Bonchev–Trinajstić information content (AvgIpc) is 3.05. The number of nitro groups is 2. The Bertz CT molecular complexity index is 1180. The van der Waals surface area contributed by atoms with Gasteiger partial charge in [0.05, 0.1) is 21.6 Å². The summed E-state index contributed by atoms with van der Waals surface area (Å²) in [5.41, 5.74) is -1.04. The summed E-state index contributed by atoms with van der Waals surface area (Å²) in [6.07, 6.45) is 0.